The molecule has 0 aromatic carbocycles. The molecule has 4 rings (SSSR count). The molecule has 4 saturated carbocycles. The summed E-state index contributed by atoms with van der Waals surface area (Å²) in [5.41, 5.74) is 1.08. The van der Waals surface area contributed by atoms with E-state index in [1.165, 1.54) is 64.2 Å². The number of hydrogen-bond acceptors (Lipinski definition) is 2. The van der Waals surface area contributed by atoms with E-state index in [0.29, 0.717) is 15.3 Å². The topological polar surface area (TPSA) is 26.3 Å². The molecule has 4 fully saturated rings. The lowest BCUT2D eigenvalue weighted by atomic mass is 9.44. The normalized spacial score (nSPS) is 44.5. The van der Waals surface area contributed by atoms with Crippen LogP contribution in [0.1, 0.15) is 112 Å². The van der Waals surface area contributed by atoms with Gasteiger partial charge < -0.3 is 4.74 Å². The predicted molar refractivity (Wildman–Crippen MR) is 142 cm³/mol. The van der Waals surface area contributed by atoms with E-state index < -0.39 is 0 Å². The average Bonchev–Trinajstić information content (AvgIpc) is 3.11. The largest absolute Gasteiger partial charge is 0.462 e. The van der Waals surface area contributed by atoms with Crippen LogP contribution < -0.4 is 0 Å². The van der Waals surface area contributed by atoms with Gasteiger partial charge in [-0.1, -0.05) is 76.5 Å². The molecule has 0 N–H and O–H groups in total. The minimum Gasteiger partial charge on any atom is -0.462 e. The first-order chi connectivity index (χ1) is 15.2. The summed E-state index contributed by atoms with van der Waals surface area (Å²) < 4.78 is 6.28. The summed E-state index contributed by atoms with van der Waals surface area (Å²) in [5.74, 6) is 6.28. The zero-order valence-electron chi connectivity index (χ0n) is 21.5. The quantitative estimate of drug-likeness (QED) is 0.179. The third-order valence-electron chi connectivity index (χ3n) is 11.2. The Morgan fingerprint density at radius 2 is 1.66 bits per heavy atom. The summed E-state index contributed by atoms with van der Waals surface area (Å²) in [6, 6.07) is 0. The Labute approximate surface area is 211 Å². The molecular formula is C29H49IO2. The van der Waals surface area contributed by atoms with Crippen molar-refractivity contribution in [3.8, 4) is 0 Å². The smallest absolute Gasteiger partial charge is 0.316 e. The van der Waals surface area contributed by atoms with Crippen LogP contribution in [0.4, 0.5) is 0 Å². The minimum atomic E-state index is -0.0131. The van der Waals surface area contributed by atoms with E-state index in [9.17, 15) is 4.79 Å². The monoisotopic (exact) mass is 556 g/mol. The van der Waals surface area contributed by atoms with Gasteiger partial charge in [-0.2, -0.15) is 0 Å². The second-order valence-electron chi connectivity index (χ2n) is 13.2. The van der Waals surface area contributed by atoms with Gasteiger partial charge in [0, 0.05) is 0 Å². The maximum atomic E-state index is 11.9. The van der Waals surface area contributed by atoms with Crippen LogP contribution in [0.5, 0.6) is 0 Å². The van der Waals surface area contributed by atoms with Crippen LogP contribution in [-0.4, -0.2) is 16.5 Å². The van der Waals surface area contributed by atoms with Gasteiger partial charge in [0.05, 0.1) is 4.43 Å². The number of hydrogen-bond donors (Lipinski definition) is 0. The minimum absolute atomic E-state index is 0.0131. The van der Waals surface area contributed by atoms with E-state index in [4.69, 9.17) is 4.74 Å². The molecule has 0 aliphatic heterocycles. The van der Waals surface area contributed by atoms with Crippen LogP contribution in [0, 0.1) is 52.3 Å². The van der Waals surface area contributed by atoms with Gasteiger partial charge in [0.2, 0.25) is 0 Å². The molecule has 0 radical (unpaired) electrons. The van der Waals surface area contributed by atoms with Gasteiger partial charge in [-0.05, 0) is 110 Å². The Kier molecular flexibility index (Phi) is 7.95. The number of esters is 1. The number of carbonyl (C=O) groups is 1. The standard InChI is InChI=1S/C29H49IO2/c1-19(2)7-6-8-20(3)24-11-12-25-23-10-9-21-17-22(32-27(31)18-30)13-15-28(21,4)26(23)14-16-29(24,25)5/h19-26H,6-18H2,1-5H3/t20-,21+,22?,23?,24?,25?,26?,28?,29?/m1/s1. The molecule has 0 aromatic rings. The van der Waals surface area contributed by atoms with Crippen molar-refractivity contribution in [1.82, 2.24) is 0 Å². The first-order valence-electron chi connectivity index (χ1n) is 13.9. The fourth-order valence-corrected chi connectivity index (χ4v) is 9.75. The lowest BCUT2D eigenvalue weighted by molar-refractivity contribution is -0.159. The van der Waals surface area contributed by atoms with E-state index in [2.05, 4.69) is 57.2 Å². The maximum absolute atomic E-state index is 11.9. The zero-order chi connectivity index (χ0) is 23.1. The van der Waals surface area contributed by atoms with Gasteiger partial charge in [-0.3, -0.25) is 4.79 Å². The van der Waals surface area contributed by atoms with Crippen molar-refractivity contribution in [2.45, 2.75) is 118 Å². The SMILES string of the molecule is CC(C)CCC[C@@H](C)C1CCC2C3CC[C@H]4CC(OC(=O)CI)CCC4(C)C3CCC21C. The Balaban J connectivity index is 1.42. The highest BCUT2D eigenvalue weighted by Gasteiger charge is 2.60. The van der Waals surface area contributed by atoms with Crippen LogP contribution in [-0.2, 0) is 9.53 Å². The number of fused-ring (bicyclic) bond motifs is 5. The van der Waals surface area contributed by atoms with E-state index in [-0.39, 0.29) is 12.1 Å². The van der Waals surface area contributed by atoms with Crippen molar-refractivity contribution in [3.05, 3.63) is 0 Å². The zero-order valence-corrected chi connectivity index (χ0v) is 23.7. The van der Waals surface area contributed by atoms with Gasteiger partial charge in [-0.25, -0.2) is 0 Å². The van der Waals surface area contributed by atoms with Gasteiger partial charge in [-0.15, -0.1) is 0 Å². The van der Waals surface area contributed by atoms with Crippen LogP contribution >= 0.6 is 22.6 Å². The van der Waals surface area contributed by atoms with Crippen molar-refractivity contribution >= 4 is 28.6 Å². The molecule has 4 aliphatic rings. The highest BCUT2D eigenvalue weighted by Crippen LogP contribution is 2.68. The molecule has 7 unspecified atom stereocenters. The summed E-state index contributed by atoms with van der Waals surface area (Å²) in [6.45, 7) is 12.7. The third kappa shape index (κ3) is 4.68. The lowest BCUT2D eigenvalue weighted by Crippen LogP contribution is -2.54. The van der Waals surface area contributed by atoms with E-state index in [1.807, 2.05) is 0 Å². The lowest BCUT2D eigenvalue weighted by Gasteiger charge is -2.61. The summed E-state index contributed by atoms with van der Waals surface area (Å²) in [4.78, 5) is 11.9. The molecule has 184 valence electrons. The van der Waals surface area contributed by atoms with Gasteiger partial charge in [0.25, 0.3) is 0 Å². The molecule has 0 spiro atoms. The average molecular weight is 557 g/mol. The number of halogens is 1. The number of rotatable bonds is 7. The third-order valence-corrected chi connectivity index (χ3v) is 11.8. The van der Waals surface area contributed by atoms with Crippen LogP contribution in [0.25, 0.3) is 0 Å². The molecule has 0 saturated heterocycles. The predicted octanol–water partition coefficient (Wildman–Crippen LogP) is 8.45. The molecule has 3 heteroatoms. The number of ether oxygens (including phenoxy) is 1. The molecule has 0 aromatic heterocycles. The van der Waals surface area contributed by atoms with Gasteiger partial charge in [0.15, 0.2) is 0 Å². The summed E-state index contributed by atoms with van der Waals surface area (Å²) >= 11 is 2.13. The van der Waals surface area contributed by atoms with Crippen LogP contribution in [0.2, 0.25) is 0 Å². The summed E-state index contributed by atoms with van der Waals surface area (Å²) in [6.07, 6.45) is 16.6. The second-order valence-corrected chi connectivity index (χ2v) is 14.0. The summed E-state index contributed by atoms with van der Waals surface area (Å²) in [5, 5.41) is 0. The maximum Gasteiger partial charge on any atom is 0.316 e. The Morgan fingerprint density at radius 3 is 2.38 bits per heavy atom. The van der Waals surface area contributed by atoms with Crippen LogP contribution in [0.3, 0.4) is 0 Å². The van der Waals surface area contributed by atoms with Crippen molar-refractivity contribution < 1.29 is 9.53 Å². The van der Waals surface area contributed by atoms with Gasteiger partial charge in [0.1, 0.15) is 6.10 Å². The molecule has 0 amide bonds. The van der Waals surface area contributed by atoms with Crippen molar-refractivity contribution in [1.29, 1.82) is 0 Å². The Bertz CT molecular complexity index is 662. The molecule has 2 nitrogen and oxygen atoms in total. The second kappa shape index (κ2) is 10.1. The number of alkyl halides is 1. The van der Waals surface area contributed by atoms with Crippen molar-refractivity contribution in [2.24, 2.45) is 52.3 Å². The fourth-order valence-electron chi connectivity index (χ4n) is 9.57. The van der Waals surface area contributed by atoms with Crippen molar-refractivity contribution in [2.75, 3.05) is 4.43 Å². The molecule has 9 atom stereocenters. The van der Waals surface area contributed by atoms with E-state index in [0.717, 1.165) is 54.3 Å². The first-order valence-corrected chi connectivity index (χ1v) is 15.5. The Morgan fingerprint density at radius 1 is 0.938 bits per heavy atom. The molecule has 0 heterocycles. The molecule has 4 aliphatic carbocycles. The van der Waals surface area contributed by atoms with Crippen LogP contribution in [0.15, 0.2) is 0 Å². The molecular weight excluding hydrogens is 507 g/mol. The Hall–Kier alpha value is 0.200. The fraction of sp³-hybridized carbons (Fsp3) is 0.966. The first kappa shape index (κ1) is 25.3. The van der Waals surface area contributed by atoms with E-state index >= 15 is 0 Å². The highest BCUT2D eigenvalue weighted by atomic mass is 127. The number of carbonyl (C=O) groups excluding carboxylic acids is 1. The van der Waals surface area contributed by atoms with Gasteiger partial charge >= 0.3 is 5.97 Å². The van der Waals surface area contributed by atoms with E-state index in [1.54, 1.807) is 0 Å². The molecule has 32 heavy (non-hydrogen) atoms. The molecule has 0 bridgehead atoms. The summed E-state index contributed by atoms with van der Waals surface area (Å²) in [7, 11) is 0. The highest BCUT2D eigenvalue weighted by molar-refractivity contribution is 14.1. The van der Waals surface area contributed by atoms with Crippen molar-refractivity contribution in [3.63, 3.8) is 0 Å².